The Morgan fingerprint density at radius 2 is 1.64 bits per heavy atom. The Balaban J connectivity index is 1.56. The molecule has 25 heavy (non-hydrogen) atoms. The zero-order valence-electron chi connectivity index (χ0n) is 15.2. The lowest BCUT2D eigenvalue weighted by Crippen LogP contribution is -2.30. The monoisotopic (exact) mass is 358 g/mol. The molecule has 0 spiro atoms. The van der Waals surface area contributed by atoms with Crippen LogP contribution in [0.3, 0.4) is 0 Å². The molecule has 2 aromatic rings. The molecule has 1 saturated heterocycles. The van der Waals surface area contributed by atoms with Gasteiger partial charge in [-0.1, -0.05) is 17.7 Å². The van der Waals surface area contributed by atoms with E-state index in [2.05, 4.69) is 50.0 Å². The van der Waals surface area contributed by atoms with Gasteiger partial charge >= 0.3 is 0 Å². The SMILES string of the molecule is CN(C)c1ccc(CN2CCCN(Cc3ccncc3)CC2)c(Cl)c1. The van der Waals surface area contributed by atoms with Crippen LogP contribution in [0.2, 0.25) is 5.02 Å². The number of rotatable bonds is 5. The molecule has 5 heteroatoms. The van der Waals surface area contributed by atoms with Crippen LogP contribution in [0.5, 0.6) is 0 Å². The summed E-state index contributed by atoms with van der Waals surface area (Å²) in [6.07, 6.45) is 4.94. The Bertz CT molecular complexity index is 675. The Hall–Kier alpha value is -1.62. The molecule has 1 aromatic heterocycles. The maximum absolute atomic E-state index is 6.50. The molecule has 0 bridgehead atoms. The second kappa shape index (κ2) is 8.65. The third-order valence-corrected chi connectivity index (χ3v) is 5.14. The molecule has 0 atom stereocenters. The average Bonchev–Trinajstić information content (AvgIpc) is 2.83. The number of halogens is 1. The van der Waals surface area contributed by atoms with Gasteiger partial charge in [0.15, 0.2) is 0 Å². The number of hydrogen-bond acceptors (Lipinski definition) is 4. The quantitative estimate of drug-likeness (QED) is 0.815. The van der Waals surface area contributed by atoms with Crippen LogP contribution in [0.25, 0.3) is 0 Å². The molecular formula is C20H27ClN4. The van der Waals surface area contributed by atoms with Gasteiger partial charge in [-0.3, -0.25) is 14.8 Å². The summed E-state index contributed by atoms with van der Waals surface area (Å²) in [7, 11) is 4.08. The number of pyridine rings is 1. The van der Waals surface area contributed by atoms with E-state index in [4.69, 9.17) is 11.6 Å². The van der Waals surface area contributed by atoms with Crippen molar-refractivity contribution in [2.24, 2.45) is 0 Å². The molecule has 1 aliphatic rings. The average molecular weight is 359 g/mol. The van der Waals surface area contributed by atoms with Crippen molar-refractivity contribution >= 4 is 17.3 Å². The predicted molar refractivity (Wildman–Crippen MR) is 105 cm³/mol. The second-order valence-corrected chi connectivity index (χ2v) is 7.34. The summed E-state index contributed by atoms with van der Waals surface area (Å²) in [5, 5.41) is 0.865. The first kappa shape index (κ1) is 18.2. The van der Waals surface area contributed by atoms with Crippen LogP contribution in [-0.2, 0) is 13.1 Å². The molecule has 0 saturated carbocycles. The van der Waals surface area contributed by atoms with Crippen molar-refractivity contribution in [3.05, 3.63) is 58.9 Å². The summed E-state index contributed by atoms with van der Waals surface area (Å²) in [5.41, 5.74) is 3.70. The summed E-state index contributed by atoms with van der Waals surface area (Å²) >= 11 is 6.50. The summed E-state index contributed by atoms with van der Waals surface area (Å²) in [6, 6.07) is 10.6. The minimum absolute atomic E-state index is 0.865. The van der Waals surface area contributed by atoms with Crippen LogP contribution in [0.1, 0.15) is 17.5 Å². The van der Waals surface area contributed by atoms with Gasteiger partial charge in [0.1, 0.15) is 0 Å². The van der Waals surface area contributed by atoms with Gasteiger partial charge in [0.25, 0.3) is 0 Å². The lowest BCUT2D eigenvalue weighted by atomic mass is 10.2. The first-order valence-electron chi connectivity index (χ1n) is 8.91. The minimum Gasteiger partial charge on any atom is -0.378 e. The highest BCUT2D eigenvalue weighted by atomic mass is 35.5. The van der Waals surface area contributed by atoms with E-state index in [0.29, 0.717) is 0 Å². The number of hydrogen-bond donors (Lipinski definition) is 0. The predicted octanol–water partition coefficient (Wildman–Crippen LogP) is 3.51. The van der Waals surface area contributed by atoms with Crippen molar-refractivity contribution in [1.29, 1.82) is 0 Å². The van der Waals surface area contributed by atoms with Crippen molar-refractivity contribution in [2.75, 3.05) is 45.2 Å². The molecule has 1 aliphatic heterocycles. The molecule has 1 aromatic carbocycles. The summed E-state index contributed by atoms with van der Waals surface area (Å²) < 4.78 is 0. The van der Waals surface area contributed by atoms with Crippen molar-refractivity contribution in [3.63, 3.8) is 0 Å². The Kier molecular flexibility index (Phi) is 6.29. The second-order valence-electron chi connectivity index (χ2n) is 6.93. The number of aromatic nitrogens is 1. The van der Waals surface area contributed by atoms with E-state index in [1.165, 1.54) is 17.5 Å². The molecule has 0 radical (unpaired) electrons. The molecule has 0 unspecified atom stereocenters. The van der Waals surface area contributed by atoms with E-state index in [1.807, 2.05) is 26.5 Å². The molecule has 3 rings (SSSR count). The van der Waals surface area contributed by atoms with Crippen LogP contribution in [0.4, 0.5) is 5.69 Å². The van der Waals surface area contributed by atoms with Crippen LogP contribution in [-0.4, -0.2) is 55.1 Å². The summed E-state index contributed by atoms with van der Waals surface area (Å²) in [4.78, 5) is 11.2. The highest BCUT2D eigenvalue weighted by molar-refractivity contribution is 6.31. The topological polar surface area (TPSA) is 22.6 Å². The molecule has 134 valence electrons. The van der Waals surface area contributed by atoms with Crippen molar-refractivity contribution in [2.45, 2.75) is 19.5 Å². The Morgan fingerprint density at radius 1 is 0.960 bits per heavy atom. The Labute approximate surface area is 156 Å². The zero-order valence-corrected chi connectivity index (χ0v) is 15.9. The molecular weight excluding hydrogens is 332 g/mol. The molecule has 0 amide bonds. The molecule has 0 N–H and O–H groups in total. The van der Waals surface area contributed by atoms with Crippen molar-refractivity contribution in [3.8, 4) is 0 Å². The van der Waals surface area contributed by atoms with Crippen LogP contribution < -0.4 is 4.90 Å². The Morgan fingerprint density at radius 3 is 2.28 bits per heavy atom. The maximum atomic E-state index is 6.50. The summed E-state index contributed by atoms with van der Waals surface area (Å²) in [6.45, 7) is 6.38. The lowest BCUT2D eigenvalue weighted by Gasteiger charge is -2.23. The molecule has 4 nitrogen and oxygen atoms in total. The van der Waals surface area contributed by atoms with Crippen LogP contribution in [0, 0.1) is 0 Å². The number of benzene rings is 1. The van der Waals surface area contributed by atoms with E-state index in [9.17, 15) is 0 Å². The van der Waals surface area contributed by atoms with E-state index < -0.39 is 0 Å². The number of nitrogens with zero attached hydrogens (tertiary/aromatic N) is 4. The van der Waals surface area contributed by atoms with Gasteiger partial charge in [0.2, 0.25) is 0 Å². The smallest absolute Gasteiger partial charge is 0.0471 e. The third kappa shape index (κ3) is 5.18. The van der Waals surface area contributed by atoms with E-state index >= 15 is 0 Å². The first-order valence-corrected chi connectivity index (χ1v) is 9.29. The van der Waals surface area contributed by atoms with Gasteiger partial charge in [-0.2, -0.15) is 0 Å². The van der Waals surface area contributed by atoms with Gasteiger partial charge in [0.05, 0.1) is 0 Å². The van der Waals surface area contributed by atoms with Crippen LogP contribution >= 0.6 is 11.6 Å². The first-order chi connectivity index (χ1) is 12.1. The van der Waals surface area contributed by atoms with Gasteiger partial charge in [-0.15, -0.1) is 0 Å². The van der Waals surface area contributed by atoms with Gasteiger partial charge in [-0.25, -0.2) is 0 Å². The molecule has 0 aliphatic carbocycles. The fraction of sp³-hybridized carbons (Fsp3) is 0.450. The van der Waals surface area contributed by atoms with Crippen molar-refractivity contribution in [1.82, 2.24) is 14.8 Å². The standard InChI is InChI=1S/C20H27ClN4/c1-23(2)19-5-4-18(20(21)14-19)16-25-11-3-10-24(12-13-25)15-17-6-8-22-9-7-17/h4-9,14H,3,10-13,15-16H2,1-2H3. The third-order valence-electron chi connectivity index (χ3n) is 4.78. The van der Waals surface area contributed by atoms with Gasteiger partial charge < -0.3 is 4.90 Å². The molecule has 2 heterocycles. The van der Waals surface area contributed by atoms with Crippen LogP contribution in [0.15, 0.2) is 42.7 Å². The lowest BCUT2D eigenvalue weighted by molar-refractivity contribution is 0.247. The van der Waals surface area contributed by atoms with E-state index in [-0.39, 0.29) is 0 Å². The largest absolute Gasteiger partial charge is 0.378 e. The summed E-state index contributed by atoms with van der Waals surface area (Å²) in [5.74, 6) is 0. The number of anilines is 1. The van der Waals surface area contributed by atoms with E-state index in [0.717, 1.165) is 50.0 Å². The fourth-order valence-corrected chi connectivity index (χ4v) is 3.51. The molecule has 1 fully saturated rings. The zero-order chi connectivity index (χ0) is 17.6. The fourth-order valence-electron chi connectivity index (χ4n) is 3.27. The highest BCUT2D eigenvalue weighted by Crippen LogP contribution is 2.24. The normalized spacial score (nSPS) is 16.6. The minimum atomic E-state index is 0.865. The highest BCUT2D eigenvalue weighted by Gasteiger charge is 2.16. The maximum Gasteiger partial charge on any atom is 0.0471 e. The van der Waals surface area contributed by atoms with Crippen molar-refractivity contribution < 1.29 is 0 Å². The van der Waals surface area contributed by atoms with Gasteiger partial charge in [-0.05, 0) is 54.9 Å². The van der Waals surface area contributed by atoms with Gasteiger partial charge in [0, 0.05) is 63.4 Å². The van der Waals surface area contributed by atoms with E-state index in [1.54, 1.807) is 0 Å².